The van der Waals surface area contributed by atoms with Crippen molar-refractivity contribution >= 4 is 39.5 Å². The number of benzene rings is 2. The molecule has 4 heterocycles. The summed E-state index contributed by atoms with van der Waals surface area (Å²) >= 11 is 5.30. The van der Waals surface area contributed by atoms with Crippen LogP contribution in [0.15, 0.2) is 58.8 Å². The third kappa shape index (κ3) is 3.26. The van der Waals surface area contributed by atoms with E-state index in [1.165, 1.54) is 18.2 Å². The molecule has 1 atom stereocenters. The largest absolute Gasteiger partial charge is 0.422 e. The molecule has 0 saturated heterocycles. The number of rotatable bonds is 3. The van der Waals surface area contributed by atoms with Crippen molar-refractivity contribution in [3.8, 4) is 17.7 Å². The fourth-order valence-electron chi connectivity index (χ4n) is 5.77. The Kier molecular flexibility index (Phi) is 5.02. The van der Waals surface area contributed by atoms with Gasteiger partial charge in [-0.05, 0) is 69.8 Å². The summed E-state index contributed by atoms with van der Waals surface area (Å²) < 4.78 is 37.9. The van der Waals surface area contributed by atoms with Crippen molar-refractivity contribution in [2.75, 3.05) is 4.90 Å². The Morgan fingerprint density at radius 1 is 1.15 bits per heavy atom. The molecule has 6 rings (SSSR count). The first-order valence-electron chi connectivity index (χ1n) is 12.0. The van der Waals surface area contributed by atoms with Gasteiger partial charge in [-0.15, -0.1) is 0 Å². The minimum Gasteiger partial charge on any atom is -0.422 e. The van der Waals surface area contributed by atoms with Gasteiger partial charge in [0.05, 0.1) is 11.2 Å². The summed E-state index contributed by atoms with van der Waals surface area (Å²) in [5, 5.41) is 10.3. The van der Waals surface area contributed by atoms with Gasteiger partial charge in [-0.3, -0.25) is 4.79 Å². The molecule has 198 valence electrons. The number of hydrogen-bond donors (Lipinski definition) is 3. The van der Waals surface area contributed by atoms with E-state index >= 15 is 0 Å². The van der Waals surface area contributed by atoms with Crippen LogP contribution in [-0.4, -0.2) is 29.8 Å². The van der Waals surface area contributed by atoms with Crippen molar-refractivity contribution < 1.29 is 22.1 Å². The van der Waals surface area contributed by atoms with E-state index in [9.17, 15) is 18.5 Å². The van der Waals surface area contributed by atoms with E-state index in [1.807, 2.05) is 33.8 Å². The number of nitrogens with one attached hydrogen (secondary N) is 2. The average molecular weight is 562 g/mol. The monoisotopic (exact) mass is 561 g/mol. The zero-order valence-corrected chi connectivity index (χ0v) is 23.0. The summed E-state index contributed by atoms with van der Waals surface area (Å²) in [6, 6.07) is 11.4. The number of amides is 1. The van der Waals surface area contributed by atoms with Crippen LogP contribution in [0.1, 0.15) is 43.2 Å². The lowest BCUT2D eigenvalue weighted by atomic mass is 9.71. The molecule has 0 bridgehead atoms. The molecule has 0 saturated carbocycles. The van der Waals surface area contributed by atoms with Gasteiger partial charge >= 0.3 is 10.1 Å². The molecule has 0 aliphatic carbocycles. The zero-order chi connectivity index (χ0) is 28.1. The van der Waals surface area contributed by atoms with Crippen molar-refractivity contribution in [1.29, 1.82) is 5.26 Å². The van der Waals surface area contributed by atoms with Crippen LogP contribution in [0.25, 0.3) is 5.57 Å². The van der Waals surface area contributed by atoms with Crippen LogP contribution in [0.2, 0.25) is 0 Å². The Morgan fingerprint density at radius 2 is 1.85 bits per heavy atom. The molecular weight excluding hydrogens is 538 g/mol. The number of ether oxygens (including phenoxy) is 1. The van der Waals surface area contributed by atoms with Gasteiger partial charge in [0.1, 0.15) is 28.0 Å². The third-order valence-corrected chi connectivity index (χ3v) is 8.80. The fraction of sp³-hybridized carbons (Fsp3) is 0.222. The van der Waals surface area contributed by atoms with Gasteiger partial charge in [0.15, 0.2) is 10.2 Å². The Bertz CT molecular complexity index is 1890. The van der Waals surface area contributed by atoms with Gasteiger partial charge in [0.25, 0.3) is 0 Å². The number of anilines is 1. The van der Waals surface area contributed by atoms with E-state index in [-0.39, 0.29) is 38.4 Å². The predicted octanol–water partition coefficient (Wildman–Crippen LogP) is 4.06. The van der Waals surface area contributed by atoms with Crippen LogP contribution >= 0.6 is 12.2 Å². The maximum atomic E-state index is 14.6. The predicted molar refractivity (Wildman–Crippen MR) is 145 cm³/mol. The van der Waals surface area contributed by atoms with Gasteiger partial charge in [-0.25, -0.2) is 0 Å². The summed E-state index contributed by atoms with van der Waals surface area (Å²) in [7, 11) is -4.23. The van der Waals surface area contributed by atoms with Gasteiger partial charge in [0.2, 0.25) is 17.7 Å². The minimum absolute atomic E-state index is 0.0204. The molecule has 3 aromatic rings. The number of carbonyl (C=O) groups is 1. The second-order valence-corrected chi connectivity index (χ2v) is 12.3. The number of aromatic nitrogens is 2. The number of nitrogens with two attached hydrogens (primary N) is 1. The number of nitriles is 1. The third-order valence-electron chi connectivity index (χ3n) is 7.33. The Hall–Kier alpha value is -4.34. The molecule has 3 aliphatic rings. The summed E-state index contributed by atoms with van der Waals surface area (Å²) in [6.07, 6.45) is 1.91. The second-order valence-electron chi connectivity index (χ2n) is 10.3. The highest BCUT2D eigenvalue weighted by Crippen LogP contribution is 2.59. The van der Waals surface area contributed by atoms with Gasteiger partial charge in [-0.1, -0.05) is 23.8 Å². The topological polar surface area (TPSA) is 154 Å². The lowest BCUT2D eigenvalue weighted by molar-refractivity contribution is -0.121. The quantitative estimate of drug-likeness (QED) is 0.319. The number of hydrogen-bond acceptors (Lipinski definition) is 8. The van der Waals surface area contributed by atoms with E-state index in [1.54, 1.807) is 23.1 Å². The van der Waals surface area contributed by atoms with Gasteiger partial charge < -0.3 is 29.5 Å². The summed E-state index contributed by atoms with van der Waals surface area (Å²) in [6.45, 7) is 7.48. The molecule has 1 unspecified atom stereocenters. The summed E-state index contributed by atoms with van der Waals surface area (Å²) in [5.41, 5.74) is 6.83. The van der Waals surface area contributed by atoms with Crippen LogP contribution in [0.3, 0.4) is 0 Å². The van der Waals surface area contributed by atoms with Crippen molar-refractivity contribution in [3.63, 3.8) is 0 Å². The van der Waals surface area contributed by atoms with Crippen LogP contribution < -0.4 is 19.6 Å². The van der Waals surface area contributed by atoms with Crippen LogP contribution in [0.4, 0.5) is 5.69 Å². The van der Waals surface area contributed by atoms with E-state index in [2.05, 4.69) is 16.0 Å². The molecule has 12 heteroatoms. The van der Waals surface area contributed by atoms with E-state index in [0.717, 1.165) is 11.1 Å². The normalized spacial score (nSPS) is 20.7. The first kappa shape index (κ1) is 25.0. The maximum absolute atomic E-state index is 14.6. The molecule has 0 fully saturated rings. The number of imidazole rings is 1. The Balaban J connectivity index is 1.67. The molecule has 39 heavy (non-hydrogen) atoms. The van der Waals surface area contributed by atoms with Crippen molar-refractivity contribution in [3.05, 3.63) is 81.1 Å². The number of aryl methyl sites for hydroxylation is 1. The van der Waals surface area contributed by atoms with E-state index in [0.29, 0.717) is 16.8 Å². The molecule has 0 radical (unpaired) electrons. The van der Waals surface area contributed by atoms with Crippen LogP contribution in [0, 0.1) is 23.0 Å². The SMILES string of the molecule is CC1=CC(C)(C)N2C(=O)C3(C(C#N)=C(N)Oc4[nH]c(=S)[nH]c43)c3cc(OS(=O)(=O)c4ccc(C)cc4)cc1c32. The van der Waals surface area contributed by atoms with Crippen molar-refractivity contribution in [2.24, 2.45) is 5.73 Å². The zero-order valence-electron chi connectivity index (χ0n) is 21.4. The summed E-state index contributed by atoms with van der Waals surface area (Å²) in [5.74, 6) is -0.651. The number of fused-ring (bicyclic) bond motifs is 3. The molecule has 1 spiro atoms. The van der Waals surface area contributed by atoms with Crippen molar-refractivity contribution in [1.82, 2.24) is 9.97 Å². The highest BCUT2D eigenvalue weighted by molar-refractivity contribution is 7.87. The molecule has 3 aliphatic heterocycles. The number of carbonyl (C=O) groups excluding carboxylic acids is 1. The molecule has 2 aromatic carbocycles. The average Bonchev–Trinajstić information content (AvgIpc) is 3.33. The molecular formula is C27H23N5O5S2. The summed E-state index contributed by atoms with van der Waals surface area (Å²) in [4.78, 5) is 22.0. The fourth-order valence-corrected chi connectivity index (χ4v) is 6.88. The van der Waals surface area contributed by atoms with Crippen LogP contribution in [-0.2, 0) is 20.3 Å². The maximum Gasteiger partial charge on any atom is 0.339 e. The van der Waals surface area contributed by atoms with E-state index in [4.69, 9.17) is 26.9 Å². The molecule has 10 nitrogen and oxygen atoms in total. The van der Waals surface area contributed by atoms with E-state index < -0.39 is 27.0 Å². The molecule has 1 aromatic heterocycles. The standard InChI is InChI=1S/C27H23N5O5S2/c1-13-5-7-16(8-6-13)39(34,35)37-15-9-17-14(2)11-26(3,4)32-20(17)18(10-15)27(24(32)33)19(12-28)22(29)36-23-21(27)30-25(38)31-23/h5-11H,29H2,1-4H3,(H2,30,31,38). The number of allylic oxidation sites excluding steroid dienone is 1. The molecule has 1 amide bonds. The number of H-pyrrole nitrogens is 2. The van der Waals surface area contributed by atoms with Gasteiger partial charge in [-0.2, -0.15) is 13.7 Å². The highest BCUT2D eigenvalue weighted by atomic mass is 32.2. The van der Waals surface area contributed by atoms with Crippen LogP contribution in [0.5, 0.6) is 11.6 Å². The first-order chi connectivity index (χ1) is 18.3. The Morgan fingerprint density at radius 3 is 2.51 bits per heavy atom. The minimum atomic E-state index is -4.23. The smallest absolute Gasteiger partial charge is 0.339 e. The number of nitrogens with zero attached hydrogens (tertiary/aromatic N) is 2. The lowest BCUT2D eigenvalue weighted by Gasteiger charge is -2.40. The van der Waals surface area contributed by atoms with Crippen molar-refractivity contribution in [2.45, 2.75) is 43.5 Å². The van der Waals surface area contributed by atoms with Gasteiger partial charge in [0, 0.05) is 11.1 Å². The lowest BCUT2D eigenvalue weighted by Crippen LogP contribution is -2.53. The second kappa shape index (κ2) is 7.84. The molecule has 4 N–H and O–H groups in total. The Labute approximate surface area is 229 Å². The number of aromatic amines is 2. The first-order valence-corrected chi connectivity index (χ1v) is 13.8. The highest BCUT2D eigenvalue weighted by Gasteiger charge is 2.63.